The van der Waals surface area contributed by atoms with Crippen LogP contribution in [0.4, 0.5) is 4.39 Å². The van der Waals surface area contributed by atoms with E-state index in [1.165, 1.54) is 12.1 Å². The highest BCUT2D eigenvalue weighted by Gasteiger charge is 2.18. The van der Waals surface area contributed by atoms with E-state index in [1.54, 1.807) is 12.1 Å². The van der Waals surface area contributed by atoms with E-state index in [1.807, 2.05) is 4.90 Å². The van der Waals surface area contributed by atoms with E-state index >= 15 is 0 Å². The standard InChI is InChI=1S/C13H16FNO2/c14-11-4-1-5-12(10-11)17-9-3-8-15-7-2-6-13(15)16/h1,4-5,10H,2-3,6-9H2. The lowest BCUT2D eigenvalue weighted by molar-refractivity contribution is -0.127. The molecule has 0 aliphatic carbocycles. The lowest BCUT2D eigenvalue weighted by Gasteiger charge is -2.15. The van der Waals surface area contributed by atoms with Crippen molar-refractivity contribution < 1.29 is 13.9 Å². The number of hydrogen-bond donors (Lipinski definition) is 0. The highest BCUT2D eigenvalue weighted by Crippen LogP contribution is 2.13. The molecule has 0 spiro atoms. The first-order valence-corrected chi connectivity index (χ1v) is 5.92. The Hall–Kier alpha value is -1.58. The van der Waals surface area contributed by atoms with Crippen molar-refractivity contribution in [1.82, 2.24) is 4.90 Å². The molecule has 1 amide bonds. The van der Waals surface area contributed by atoms with Crippen molar-refractivity contribution in [2.45, 2.75) is 19.3 Å². The summed E-state index contributed by atoms with van der Waals surface area (Å²) in [7, 11) is 0. The molecule has 1 aliphatic rings. The second-order valence-electron chi connectivity index (χ2n) is 4.14. The van der Waals surface area contributed by atoms with Gasteiger partial charge >= 0.3 is 0 Å². The number of ether oxygens (including phenoxy) is 1. The molecule has 0 atom stereocenters. The maximum Gasteiger partial charge on any atom is 0.222 e. The molecule has 0 unspecified atom stereocenters. The predicted molar refractivity (Wildman–Crippen MR) is 62.3 cm³/mol. The van der Waals surface area contributed by atoms with Gasteiger partial charge < -0.3 is 9.64 Å². The minimum atomic E-state index is -0.294. The van der Waals surface area contributed by atoms with Crippen LogP contribution in [-0.2, 0) is 4.79 Å². The summed E-state index contributed by atoms with van der Waals surface area (Å²) in [5, 5.41) is 0. The first-order valence-electron chi connectivity index (χ1n) is 5.92. The van der Waals surface area contributed by atoms with Gasteiger partial charge in [-0.05, 0) is 25.0 Å². The van der Waals surface area contributed by atoms with Gasteiger partial charge in [0.15, 0.2) is 0 Å². The minimum Gasteiger partial charge on any atom is -0.493 e. The first kappa shape index (κ1) is 11.9. The van der Waals surface area contributed by atoms with Crippen LogP contribution in [0, 0.1) is 5.82 Å². The molecule has 0 radical (unpaired) electrons. The Kier molecular flexibility index (Phi) is 3.96. The fourth-order valence-electron chi connectivity index (χ4n) is 1.94. The van der Waals surface area contributed by atoms with Gasteiger partial charge in [-0.1, -0.05) is 6.07 Å². The van der Waals surface area contributed by atoms with Crippen LogP contribution in [0.25, 0.3) is 0 Å². The van der Waals surface area contributed by atoms with Gasteiger partial charge in [-0.3, -0.25) is 4.79 Å². The minimum absolute atomic E-state index is 0.232. The van der Waals surface area contributed by atoms with Crippen LogP contribution in [0.15, 0.2) is 24.3 Å². The van der Waals surface area contributed by atoms with E-state index in [4.69, 9.17) is 4.74 Å². The third-order valence-electron chi connectivity index (χ3n) is 2.81. The van der Waals surface area contributed by atoms with Crippen LogP contribution >= 0.6 is 0 Å². The number of amides is 1. The summed E-state index contributed by atoms with van der Waals surface area (Å²) in [6, 6.07) is 6.09. The summed E-state index contributed by atoms with van der Waals surface area (Å²) in [5.74, 6) is 0.478. The van der Waals surface area contributed by atoms with Gasteiger partial charge in [-0.25, -0.2) is 4.39 Å². The molecule has 1 aliphatic heterocycles. The van der Waals surface area contributed by atoms with Crippen LogP contribution in [0.3, 0.4) is 0 Å². The van der Waals surface area contributed by atoms with Gasteiger partial charge in [0.25, 0.3) is 0 Å². The normalized spacial score (nSPS) is 15.4. The Bertz CT molecular complexity index is 395. The molecule has 4 heteroatoms. The van der Waals surface area contributed by atoms with Crippen LogP contribution in [0.1, 0.15) is 19.3 Å². The summed E-state index contributed by atoms with van der Waals surface area (Å²) in [5.41, 5.74) is 0. The van der Waals surface area contributed by atoms with Crippen LogP contribution < -0.4 is 4.74 Å². The zero-order valence-electron chi connectivity index (χ0n) is 9.69. The molecule has 0 saturated carbocycles. The van der Waals surface area contributed by atoms with E-state index in [-0.39, 0.29) is 11.7 Å². The Morgan fingerprint density at radius 2 is 2.29 bits per heavy atom. The zero-order chi connectivity index (χ0) is 12.1. The molecule has 92 valence electrons. The molecular formula is C13H16FNO2. The van der Waals surface area contributed by atoms with Crippen molar-refractivity contribution in [1.29, 1.82) is 0 Å². The Labute approximate surface area is 100 Å². The molecule has 0 N–H and O–H groups in total. The molecule has 1 aromatic carbocycles. The van der Waals surface area contributed by atoms with Crippen LogP contribution in [0.2, 0.25) is 0 Å². The van der Waals surface area contributed by atoms with E-state index in [2.05, 4.69) is 0 Å². The van der Waals surface area contributed by atoms with E-state index in [0.717, 1.165) is 25.9 Å². The molecule has 1 aromatic rings. The SMILES string of the molecule is O=C1CCCN1CCCOc1cccc(F)c1. The number of likely N-dealkylation sites (tertiary alicyclic amines) is 1. The third kappa shape index (κ3) is 3.44. The molecule has 1 fully saturated rings. The van der Waals surface area contributed by atoms with Crippen molar-refractivity contribution in [3.63, 3.8) is 0 Å². The van der Waals surface area contributed by atoms with Crippen molar-refractivity contribution in [2.75, 3.05) is 19.7 Å². The van der Waals surface area contributed by atoms with Gasteiger partial charge in [0.1, 0.15) is 11.6 Å². The fourth-order valence-corrected chi connectivity index (χ4v) is 1.94. The molecule has 1 heterocycles. The summed E-state index contributed by atoms with van der Waals surface area (Å²) in [4.78, 5) is 13.2. The number of nitrogens with zero attached hydrogens (tertiary/aromatic N) is 1. The number of halogens is 1. The van der Waals surface area contributed by atoms with Crippen molar-refractivity contribution in [3.8, 4) is 5.75 Å². The summed E-state index contributed by atoms with van der Waals surface area (Å²) >= 11 is 0. The molecule has 2 rings (SSSR count). The van der Waals surface area contributed by atoms with Gasteiger partial charge in [0, 0.05) is 25.6 Å². The Morgan fingerprint density at radius 1 is 1.41 bits per heavy atom. The lowest BCUT2D eigenvalue weighted by atomic mass is 10.3. The fraction of sp³-hybridized carbons (Fsp3) is 0.462. The molecule has 3 nitrogen and oxygen atoms in total. The van der Waals surface area contributed by atoms with E-state index in [9.17, 15) is 9.18 Å². The van der Waals surface area contributed by atoms with E-state index in [0.29, 0.717) is 18.8 Å². The summed E-state index contributed by atoms with van der Waals surface area (Å²) in [6.07, 6.45) is 2.41. The smallest absolute Gasteiger partial charge is 0.222 e. The number of hydrogen-bond acceptors (Lipinski definition) is 2. The number of rotatable bonds is 5. The molecule has 0 bridgehead atoms. The number of carbonyl (C=O) groups excluding carboxylic acids is 1. The second-order valence-corrected chi connectivity index (χ2v) is 4.14. The molecule has 17 heavy (non-hydrogen) atoms. The van der Waals surface area contributed by atoms with Crippen LogP contribution in [-0.4, -0.2) is 30.5 Å². The average molecular weight is 237 g/mol. The van der Waals surface area contributed by atoms with Gasteiger partial charge in [-0.15, -0.1) is 0 Å². The topological polar surface area (TPSA) is 29.5 Å². The van der Waals surface area contributed by atoms with Gasteiger partial charge in [0.2, 0.25) is 5.91 Å². The zero-order valence-corrected chi connectivity index (χ0v) is 9.69. The third-order valence-corrected chi connectivity index (χ3v) is 2.81. The monoisotopic (exact) mass is 237 g/mol. The lowest BCUT2D eigenvalue weighted by Crippen LogP contribution is -2.26. The highest BCUT2D eigenvalue weighted by atomic mass is 19.1. The van der Waals surface area contributed by atoms with Gasteiger partial charge in [0.05, 0.1) is 6.61 Å². The van der Waals surface area contributed by atoms with Crippen molar-refractivity contribution in [2.24, 2.45) is 0 Å². The number of carbonyl (C=O) groups is 1. The van der Waals surface area contributed by atoms with Crippen LogP contribution in [0.5, 0.6) is 5.75 Å². The van der Waals surface area contributed by atoms with Crippen molar-refractivity contribution in [3.05, 3.63) is 30.1 Å². The summed E-state index contributed by atoms with van der Waals surface area (Å²) < 4.78 is 18.2. The molecule has 0 aromatic heterocycles. The summed E-state index contributed by atoms with van der Waals surface area (Å²) in [6.45, 7) is 2.10. The largest absolute Gasteiger partial charge is 0.493 e. The second kappa shape index (κ2) is 5.66. The van der Waals surface area contributed by atoms with Gasteiger partial charge in [-0.2, -0.15) is 0 Å². The van der Waals surface area contributed by atoms with E-state index < -0.39 is 0 Å². The quantitative estimate of drug-likeness (QED) is 0.735. The highest BCUT2D eigenvalue weighted by molar-refractivity contribution is 5.77. The Morgan fingerprint density at radius 3 is 3.00 bits per heavy atom. The maximum absolute atomic E-state index is 12.8. The predicted octanol–water partition coefficient (Wildman–Crippen LogP) is 2.22. The molecule has 1 saturated heterocycles. The molecular weight excluding hydrogens is 221 g/mol. The first-order chi connectivity index (χ1) is 8.25. The van der Waals surface area contributed by atoms with Crippen molar-refractivity contribution >= 4 is 5.91 Å². The maximum atomic E-state index is 12.8. The average Bonchev–Trinajstić information content (AvgIpc) is 2.71. The number of benzene rings is 1. The Balaban J connectivity index is 1.68.